The fourth-order valence-electron chi connectivity index (χ4n) is 1.34. The van der Waals surface area contributed by atoms with Gasteiger partial charge in [-0.05, 0) is 25.0 Å². The number of nitrogens with two attached hydrogens (primary N) is 1. The normalized spacial score (nSPS) is 11.4. The van der Waals surface area contributed by atoms with Gasteiger partial charge < -0.3 is 8.92 Å². The molecule has 0 amide bonds. The third-order valence-electron chi connectivity index (χ3n) is 2.12. The summed E-state index contributed by atoms with van der Waals surface area (Å²) < 4.78 is 31.2. The monoisotopic (exact) mass is 287 g/mol. The molecular formula is C12H17NO5S. The number of aryl methyl sites for hydroxylation is 1. The van der Waals surface area contributed by atoms with Crippen LogP contribution in [-0.2, 0) is 14.5 Å². The van der Waals surface area contributed by atoms with Gasteiger partial charge in [0.2, 0.25) is 0 Å². The number of benzene rings is 1. The SMILES string of the molecule is Cc1ccc(OCC(C)C)c(C(=O)OS(N)(=O)=O)c1. The van der Waals surface area contributed by atoms with E-state index in [2.05, 4.69) is 9.32 Å². The van der Waals surface area contributed by atoms with Crippen LogP contribution < -0.4 is 9.88 Å². The van der Waals surface area contributed by atoms with E-state index in [-0.39, 0.29) is 17.2 Å². The lowest BCUT2D eigenvalue weighted by Gasteiger charge is -2.12. The zero-order valence-electron chi connectivity index (χ0n) is 11.0. The first-order valence-corrected chi connectivity index (χ1v) is 7.16. The van der Waals surface area contributed by atoms with Gasteiger partial charge in [-0.1, -0.05) is 25.5 Å². The number of ether oxygens (including phenoxy) is 1. The molecule has 2 N–H and O–H groups in total. The van der Waals surface area contributed by atoms with Gasteiger partial charge in [-0.25, -0.2) is 4.79 Å². The maximum Gasteiger partial charge on any atom is 0.382 e. The summed E-state index contributed by atoms with van der Waals surface area (Å²) >= 11 is 0. The maximum atomic E-state index is 11.7. The fraction of sp³-hybridized carbons (Fsp3) is 0.417. The lowest BCUT2D eigenvalue weighted by Crippen LogP contribution is -2.21. The minimum atomic E-state index is -4.34. The summed E-state index contributed by atoms with van der Waals surface area (Å²) in [6.45, 7) is 6.08. The minimum absolute atomic E-state index is 0.0367. The van der Waals surface area contributed by atoms with Crippen LogP contribution in [0.1, 0.15) is 29.8 Å². The van der Waals surface area contributed by atoms with Crippen LogP contribution in [0.2, 0.25) is 0 Å². The summed E-state index contributed by atoms with van der Waals surface area (Å²) in [7, 11) is -4.34. The van der Waals surface area contributed by atoms with Crippen molar-refractivity contribution in [1.82, 2.24) is 0 Å². The maximum absolute atomic E-state index is 11.7. The third kappa shape index (κ3) is 5.27. The molecule has 6 nitrogen and oxygen atoms in total. The molecule has 19 heavy (non-hydrogen) atoms. The van der Waals surface area contributed by atoms with Gasteiger partial charge in [-0.2, -0.15) is 13.6 Å². The van der Waals surface area contributed by atoms with Crippen LogP contribution in [0.4, 0.5) is 0 Å². The standard InChI is InChI=1S/C12H17NO5S/c1-8(2)7-17-11-5-4-9(3)6-10(11)12(14)18-19(13,15)16/h4-6,8H,7H2,1-3H3,(H2,13,15,16). The lowest BCUT2D eigenvalue weighted by molar-refractivity contribution is 0.0741. The first-order valence-electron chi connectivity index (χ1n) is 5.69. The average Bonchev–Trinajstić information content (AvgIpc) is 2.24. The summed E-state index contributed by atoms with van der Waals surface area (Å²) in [4.78, 5) is 11.7. The van der Waals surface area contributed by atoms with Gasteiger partial charge in [0.15, 0.2) is 0 Å². The molecule has 0 aliphatic rings. The van der Waals surface area contributed by atoms with Crippen molar-refractivity contribution in [1.29, 1.82) is 0 Å². The third-order valence-corrected chi connectivity index (χ3v) is 2.50. The van der Waals surface area contributed by atoms with E-state index in [0.29, 0.717) is 6.61 Å². The molecule has 1 aromatic carbocycles. The molecule has 0 heterocycles. The largest absolute Gasteiger partial charge is 0.492 e. The van der Waals surface area contributed by atoms with E-state index in [4.69, 9.17) is 4.74 Å². The number of rotatable bonds is 5. The zero-order valence-corrected chi connectivity index (χ0v) is 11.9. The molecule has 1 rings (SSSR count). The molecule has 0 saturated heterocycles. The van der Waals surface area contributed by atoms with Gasteiger partial charge in [-0.15, -0.1) is 0 Å². The number of hydrogen-bond acceptors (Lipinski definition) is 5. The molecule has 0 atom stereocenters. The van der Waals surface area contributed by atoms with E-state index in [0.717, 1.165) is 5.56 Å². The average molecular weight is 287 g/mol. The van der Waals surface area contributed by atoms with Gasteiger partial charge >= 0.3 is 16.3 Å². The van der Waals surface area contributed by atoms with E-state index in [1.165, 1.54) is 6.07 Å². The van der Waals surface area contributed by atoms with E-state index < -0.39 is 16.3 Å². The van der Waals surface area contributed by atoms with Crippen LogP contribution in [0.25, 0.3) is 0 Å². The Labute approximate surface area is 112 Å². The molecule has 0 fully saturated rings. The molecule has 0 saturated carbocycles. The first kappa shape index (κ1) is 15.5. The van der Waals surface area contributed by atoms with Crippen molar-refractivity contribution in [3.8, 4) is 5.75 Å². The molecule has 0 aliphatic heterocycles. The predicted molar refractivity (Wildman–Crippen MR) is 70.0 cm³/mol. The van der Waals surface area contributed by atoms with Crippen molar-refractivity contribution in [3.05, 3.63) is 29.3 Å². The molecule has 0 spiro atoms. The second-order valence-electron chi connectivity index (χ2n) is 4.57. The van der Waals surface area contributed by atoms with E-state index in [1.807, 2.05) is 13.8 Å². The summed E-state index contributed by atoms with van der Waals surface area (Å²) in [6.07, 6.45) is 0. The van der Waals surface area contributed by atoms with Gasteiger partial charge in [0.1, 0.15) is 11.3 Å². The second-order valence-corrected chi connectivity index (χ2v) is 5.72. The van der Waals surface area contributed by atoms with Crippen LogP contribution in [-0.4, -0.2) is 21.0 Å². The Morgan fingerprint density at radius 1 is 1.37 bits per heavy atom. The molecule has 7 heteroatoms. The molecule has 0 radical (unpaired) electrons. The highest BCUT2D eigenvalue weighted by Gasteiger charge is 2.19. The number of carbonyl (C=O) groups is 1. The summed E-state index contributed by atoms with van der Waals surface area (Å²) in [5.41, 5.74) is 0.813. The van der Waals surface area contributed by atoms with Crippen molar-refractivity contribution in [2.45, 2.75) is 20.8 Å². The molecule has 0 aromatic heterocycles. The van der Waals surface area contributed by atoms with Gasteiger partial charge in [-0.3, -0.25) is 0 Å². The zero-order chi connectivity index (χ0) is 14.6. The van der Waals surface area contributed by atoms with Crippen molar-refractivity contribution in [2.24, 2.45) is 11.1 Å². The van der Waals surface area contributed by atoms with Crippen LogP contribution >= 0.6 is 0 Å². The molecule has 0 aliphatic carbocycles. The Morgan fingerprint density at radius 2 is 2.00 bits per heavy atom. The van der Waals surface area contributed by atoms with E-state index in [1.54, 1.807) is 19.1 Å². The van der Waals surface area contributed by atoms with Crippen LogP contribution in [0.5, 0.6) is 5.75 Å². The van der Waals surface area contributed by atoms with Crippen molar-refractivity contribution in [2.75, 3.05) is 6.61 Å². The van der Waals surface area contributed by atoms with Crippen molar-refractivity contribution < 1.29 is 22.1 Å². The quantitative estimate of drug-likeness (QED) is 0.882. The number of carbonyl (C=O) groups excluding carboxylic acids is 1. The lowest BCUT2D eigenvalue weighted by atomic mass is 10.1. The summed E-state index contributed by atoms with van der Waals surface area (Å²) in [5, 5.41) is 4.67. The van der Waals surface area contributed by atoms with Crippen molar-refractivity contribution in [3.63, 3.8) is 0 Å². The Hall–Kier alpha value is -1.60. The highest BCUT2D eigenvalue weighted by Crippen LogP contribution is 2.22. The van der Waals surface area contributed by atoms with Crippen LogP contribution in [0.3, 0.4) is 0 Å². The van der Waals surface area contributed by atoms with Gasteiger partial charge in [0, 0.05) is 0 Å². The first-order chi connectivity index (χ1) is 8.69. The Kier molecular flexibility index (Phi) is 4.90. The Balaban J connectivity index is 3.03. The van der Waals surface area contributed by atoms with Crippen LogP contribution in [0, 0.1) is 12.8 Å². The highest BCUT2D eigenvalue weighted by molar-refractivity contribution is 7.84. The summed E-state index contributed by atoms with van der Waals surface area (Å²) in [5.74, 6) is -0.513. The van der Waals surface area contributed by atoms with Crippen LogP contribution in [0.15, 0.2) is 18.2 Å². The smallest absolute Gasteiger partial charge is 0.382 e. The van der Waals surface area contributed by atoms with Gasteiger partial charge in [0.05, 0.1) is 6.61 Å². The van der Waals surface area contributed by atoms with Gasteiger partial charge in [0.25, 0.3) is 0 Å². The molecule has 1 aromatic rings. The second kappa shape index (κ2) is 6.03. The minimum Gasteiger partial charge on any atom is -0.492 e. The Morgan fingerprint density at radius 3 is 2.53 bits per heavy atom. The molecular weight excluding hydrogens is 270 g/mol. The highest BCUT2D eigenvalue weighted by atomic mass is 32.2. The Bertz CT molecular complexity index is 565. The fourth-order valence-corrected chi connectivity index (χ4v) is 1.64. The predicted octanol–water partition coefficient (Wildman–Crippen LogP) is 1.39. The van der Waals surface area contributed by atoms with Crippen molar-refractivity contribution >= 4 is 16.3 Å². The topological polar surface area (TPSA) is 95.7 Å². The molecule has 0 bridgehead atoms. The van der Waals surface area contributed by atoms with E-state index >= 15 is 0 Å². The summed E-state index contributed by atoms with van der Waals surface area (Å²) in [6, 6.07) is 4.84. The molecule has 106 valence electrons. The number of hydrogen-bond donors (Lipinski definition) is 1. The van der Waals surface area contributed by atoms with E-state index in [9.17, 15) is 13.2 Å². The molecule has 0 unspecified atom stereocenters.